The second kappa shape index (κ2) is 6.35. The van der Waals surface area contributed by atoms with Gasteiger partial charge >= 0.3 is 0 Å². The Kier molecular flexibility index (Phi) is 5.35. The van der Waals surface area contributed by atoms with E-state index in [0.29, 0.717) is 25.7 Å². The number of nitrogens with two attached hydrogens (primary N) is 1. The molecule has 0 aromatic heterocycles. The van der Waals surface area contributed by atoms with Crippen LogP contribution >= 0.6 is 0 Å². The molecule has 0 saturated heterocycles. The van der Waals surface area contributed by atoms with Gasteiger partial charge in [-0.15, -0.1) is 0 Å². The third-order valence-corrected chi connectivity index (χ3v) is 2.75. The second-order valence-corrected chi connectivity index (χ2v) is 3.78. The summed E-state index contributed by atoms with van der Waals surface area (Å²) in [6.45, 7) is 2.02. The molecule has 0 bridgehead atoms. The van der Waals surface area contributed by atoms with E-state index in [0.717, 1.165) is 0 Å². The van der Waals surface area contributed by atoms with Gasteiger partial charge in [0.25, 0.3) is 0 Å². The number of rotatable bonds is 6. The Morgan fingerprint density at radius 1 is 1.31 bits per heavy atom. The van der Waals surface area contributed by atoms with Crippen LogP contribution in [0.5, 0.6) is 0 Å². The molecular formula is C10H21NO2. The van der Waals surface area contributed by atoms with E-state index in [9.17, 15) is 0 Å². The number of ether oxygens (including phenoxy) is 2. The van der Waals surface area contributed by atoms with Crippen molar-refractivity contribution in [3.63, 3.8) is 0 Å². The quantitative estimate of drug-likeness (QED) is 0.635. The van der Waals surface area contributed by atoms with Crippen LogP contribution in [-0.2, 0) is 9.47 Å². The zero-order valence-electron chi connectivity index (χ0n) is 8.50. The van der Waals surface area contributed by atoms with Crippen LogP contribution in [0.4, 0.5) is 0 Å². The lowest BCUT2D eigenvalue weighted by atomic mass is 10.00. The van der Waals surface area contributed by atoms with Crippen molar-refractivity contribution in [1.29, 1.82) is 0 Å². The standard InChI is InChI=1S/C10H21NO2/c1-12-6-7-13-8-10(11)9-4-2-3-5-9/h9-10H,2-8,11H2,1H3. The van der Waals surface area contributed by atoms with Crippen LogP contribution in [-0.4, -0.2) is 33.0 Å². The van der Waals surface area contributed by atoms with Crippen molar-refractivity contribution in [1.82, 2.24) is 0 Å². The molecule has 1 atom stereocenters. The summed E-state index contributed by atoms with van der Waals surface area (Å²) in [4.78, 5) is 0. The van der Waals surface area contributed by atoms with E-state index in [4.69, 9.17) is 15.2 Å². The molecule has 1 saturated carbocycles. The molecule has 3 heteroatoms. The molecule has 1 aliphatic carbocycles. The lowest BCUT2D eigenvalue weighted by molar-refractivity contribution is 0.0562. The van der Waals surface area contributed by atoms with Gasteiger partial charge in [-0.2, -0.15) is 0 Å². The minimum Gasteiger partial charge on any atom is -0.382 e. The van der Waals surface area contributed by atoms with Crippen molar-refractivity contribution in [3.05, 3.63) is 0 Å². The number of hydrogen-bond donors (Lipinski definition) is 1. The SMILES string of the molecule is COCCOCC(N)C1CCCC1. The summed E-state index contributed by atoms with van der Waals surface area (Å²) >= 11 is 0. The second-order valence-electron chi connectivity index (χ2n) is 3.78. The summed E-state index contributed by atoms with van der Waals surface area (Å²) in [6, 6.07) is 0.236. The zero-order valence-corrected chi connectivity index (χ0v) is 8.50. The fourth-order valence-electron chi connectivity index (χ4n) is 1.88. The molecular weight excluding hydrogens is 166 g/mol. The van der Waals surface area contributed by atoms with Crippen LogP contribution < -0.4 is 5.73 Å². The Morgan fingerprint density at radius 2 is 2.00 bits per heavy atom. The van der Waals surface area contributed by atoms with Crippen molar-refractivity contribution < 1.29 is 9.47 Å². The zero-order chi connectivity index (χ0) is 9.52. The van der Waals surface area contributed by atoms with Gasteiger partial charge in [0, 0.05) is 13.2 Å². The minimum absolute atomic E-state index is 0.236. The summed E-state index contributed by atoms with van der Waals surface area (Å²) in [5, 5.41) is 0. The summed E-state index contributed by atoms with van der Waals surface area (Å²) < 4.78 is 10.3. The van der Waals surface area contributed by atoms with Gasteiger partial charge in [-0.1, -0.05) is 12.8 Å². The van der Waals surface area contributed by atoms with E-state index in [-0.39, 0.29) is 6.04 Å². The first-order valence-electron chi connectivity index (χ1n) is 5.17. The van der Waals surface area contributed by atoms with Crippen molar-refractivity contribution in [3.8, 4) is 0 Å². The molecule has 78 valence electrons. The van der Waals surface area contributed by atoms with Gasteiger partial charge in [0.1, 0.15) is 0 Å². The molecule has 0 radical (unpaired) electrons. The maximum atomic E-state index is 6.00. The van der Waals surface area contributed by atoms with Crippen LogP contribution in [0.2, 0.25) is 0 Å². The highest BCUT2D eigenvalue weighted by Crippen LogP contribution is 2.26. The molecule has 0 amide bonds. The van der Waals surface area contributed by atoms with Gasteiger partial charge in [-0.3, -0.25) is 0 Å². The lowest BCUT2D eigenvalue weighted by Crippen LogP contribution is -2.33. The van der Waals surface area contributed by atoms with Crippen LogP contribution in [0.25, 0.3) is 0 Å². The monoisotopic (exact) mass is 187 g/mol. The van der Waals surface area contributed by atoms with Crippen LogP contribution in [0.15, 0.2) is 0 Å². The van der Waals surface area contributed by atoms with Crippen molar-refractivity contribution in [2.24, 2.45) is 11.7 Å². The highest BCUT2D eigenvalue weighted by molar-refractivity contribution is 4.77. The molecule has 0 heterocycles. The number of hydrogen-bond acceptors (Lipinski definition) is 3. The van der Waals surface area contributed by atoms with Gasteiger partial charge in [0.05, 0.1) is 19.8 Å². The van der Waals surface area contributed by atoms with E-state index in [1.807, 2.05) is 0 Å². The summed E-state index contributed by atoms with van der Waals surface area (Å²) in [5.41, 5.74) is 6.00. The Morgan fingerprint density at radius 3 is 2.62 bits per heavy atom. The van der Waals surface area contributed by atoms with E-state index in [1.165, 1.54) is 25.7 Å². The van der Waals surface area contributed by atoms with Gasteiger partial charge in [0.15, 0.2) is 0 Å². The van der Waals surface area contributed by atoms with E-state index in [1.54, 1.807) is 7.11 Å². The predicted octanol–water partition coefficient (Wildman–Crippen LogP) is 1.17. The Bertz CT molecular complexity index is 124. The molecule has 2 N–H and O–H groups in total. The summed E-state index contributed by atoms with van der Waals surface area (Å²) in [6.07, 6.45) is 5.26. The van der Waals surface area contributed by atoms with E-state index in [2.05, 4.69) is 0 Å². The first kappa shape index (κ1) is 11.0. The van der Waals surface area contributed by atoms with Crippen LogP contribution in [0.1, 0.15) is 25.7 Å². The molecule has 0 aromatic rings. The van der Waals surface area contributed by atoms with Gasteiger partial charge < -0.3 is 15.2 Å². The van der Waals surface area contributed by atoms with Crippen LogP contribution in [0.3, 0.4) is 0 Å². The van der Waals surface area contributed by atoms with Gasteiger partial charge in [0.2, 0.25) is 0 Å². The van der Waals surface area contributed by atoms with Gasteiger partial charge in [-0.25, -0.2) is 0 Å². The molecule has 1 unspecified atom stereocenters. The molecule has 0 spiro atoms. The average Bonchev–Trinajstić information content (AvgIpc) is 2.65. The molecule has 3 nitrogen and oxygen atoms in total. The number of methoxy groups -OCH3 is 1. The Labute approximate surface area is 80.6 Å². The maximum absolute atomic E-state index is 6.00. The fraction of sp³-hybridized carbons (Fsp3) is 1.00. The third kappa shape index (κ3) is 4.07. The van der Waals surface area contributed by atoms with E-state index >= 15 is 0 Å². The molecule has 1 aliphatic rings. The normalized spacial score (nSPS) is 20.8. The first-order chi connectivity index (χ1) is 6.34. The Hall–Kier alpha value is -0.120. The molecule has 1 fully saturated rings. The smallest absolute Gasteiger partial charge is 0.0701 e. The van der Waals surface area contributed by atoms with Gasteiger partial charge in [-0.05, 0) is 18.8 Å². The fourth-order valence-corrected chi connectivity index (χ4v) is 1.88. The highest BCUT2D eigenvalue weighted by Gasteiger charge is 2.21. The summed E-state index contributed by atoms with van der Waals surface area (Å²) in [7, 11) is 1.68. The minimum atomic E-state index is 0.236. The predicted molar refractivity (Wildman–Crippen MR) is 52.6 cm³/mol. The average molecular weight is 187 g/mol. The van der Waals surface area contributed by atoms with Crippen molar-refractivity contribution in [2.45, 2.75) is 31.7 Å². The topological polar surface area (TPSA) is 44.5 Å². The van der Waals surface area contributed by atoms with Crippen molar-refractivity contribution in [2.75, 3.05) is 26.9 Å². The molecule has 0 aromatic carbocycles. The third-order valence-electron chi connectivity index (χ3n) is 2.75. The maximum Gasteiger partial charge on any atom is 0.0701 e. The summed E-state index contributed by atoms with van der Waals surface area (Å²) in [5.74, 6) is 0.697. The molecule has 13 heavy (non-hydrogen) atoms. The molecule has 1 rings (SSSR count). The largest absolute Gasteiger partial charge is 0.382 e. The first-order valence-corrected chi connectivity index (χ1v) is 5.17. The van der Waals surface area contributed by atoms with E-state index < -0.39 is 0 Å². The molecule has 0 aliphatic heterocycles. The van der Waals surface area contributed by atoms with Crippen LogP contribution in [0, 0.1) is 5.92 Å². The Balaban J connectivity index is 1.99. The highest BCUT2D eigenvalue weighted by atomic mass is 16.5. The lowest BCUT2D eigenvalue weighted by Gasteiger charge is -2.18. The van der Waals surface area contributed by atoms with Crippen molar-refractivity contribution >= 4 is 0 Å².